The molecule has 0 bridgehead atoms. The largest absolute Gasteiger partial charge is 0.462 e. The highest BCUT2D eigenvalue weighted by Crippen LogP contribution is 2.34. The van der Waals surface area contributed by atoms with Gasteiger partial charge in [0.1, 0.15) is 6.10 Å². The molecule has 0 amide bonds. The Morgan fingerprint density at radius 3 is 2.32 bits per heavy atom. The van der Waals surface area contributed by atoms with Crippen LogP contribution in [0.25, 0.3) is 0 Å². The zero-order valence-electron chi connectivity index (χ0n) is 15.9. The van der Waals surface area contributed by atoms with Crippen molar-refractivity contribution in [1.29, 1.82) is 5.26 Å². The Hall–Kier alpha value is -1.30. The molecule has 2 saturated carbocycles. The van der Waals surface area contributed by atoms with Crippen LogP contribution >= 0.6 is 0 Å². The van der Waals surface area contributed by atoms with E-state index in [1.54, 1.807) is 6.08 Å². The van der Waals surface area contributed by atoms with Gasteiger partial charge in [-0.3, -0.25) is 4.79 Å². The van der Waals surface area contributed by atoms with Crippen molar-refractivity contribution in [3.05, 3.63) is 12.2 Å². The lowest BCUT2D eigenvalue weighted by molar-refractivity contribution is -0.157. The molecular formula is C22H35NO2. The summed E-state index contributed by atoms with van der Waals surface area (Å²) in [5.74, 6) is 1.81. The second kappa shape index (κ2) is 11.3. The summed E-state index contributed by atoms with van der Waals surface area (Å²) in [6, 6.07) is 2.04. The van der Waals surface area contributed by atoms with E-state index in [4.69, 9.17) is 10.00 Å². The molecular weight excluding hydrogens is 310 g/mol. The van der Waals surface area contributed by atoms with Crippen molar-refractivity contribution in [1.82, 2.24) is 0 Å². The average molecular weight is 346 g/mol. The fraction of sp³-hybridized carbons (Fsp3) is 0.818. The van der Waals surface area contributed by atoms with Gasteiger partial charge in [-0.05, 0) is 76.0 Å². The van der Waals surface area contributed by atoms with Gasteiger partial charge in [-0.15, -0.1) is 0 Å². The SMILES string of the molecule is CCCCC1CCC(C(=O)OC2CCC(CCC=CC#N)CC2)CC1. The van der Waals surface area contributed by atoms with Gasteiger partial charge in [0, 0.05) is 6.08 Å². The molecule has 2 rings (SSSR count). The fourth-order valence-corrected chi connectivity index (χ4v) is 4.45. The van der Waals surface area contributed by atoms with E-state index >= 15 is 0 Å². The van der Waals surface area contributed by atoms with Crippen molar-refractivity contribution in [2.24, 2.45) is 17.8 Å². The lowest BCUT2D eigenvalue weighted by Crippen LogP contribution is -2.30. The summed E-state index contributed by atoms with van der Waals surface area (Å²) in [4.78, 5) is 12.5. The molecule has 0 heterocycles. The summed E-state index contributed by atoms with van der Waals surface area (Å²) in [6.45, 7) is 2.25. The van der Waals surface area contributed by atoms with Gasteiger partial charge in [0.05, 0.1) is 12.0 Å². The third-order valence-corrected chi connectivity index (χ3v) is 6.16. The molecule has 0 atom stereocenters. The van der Waals surface area contributed by atoms with Crippen LogP contribution in [0.5, 0.6) is 0 Å². The zero-order chi connectivity index (χ0) is 17.9. The van der Waals surface area contributed by atoms with E-state index in [0.29, 0.717) is 0 Å². The highest BCUT2D eigenvalue weighted by atomic mass is 16.5. The molecule has 3 nitrogen and oxygen atoms in total. The number of hydrogen-bond donors (Lipinski definition) is 0. The van der Waals surface area contributed by atoms with E-state index in [0.717, 1.165) is 63.2 Å². The van der Waals surface area contributed by atoms with Crippen LogP contribution in [0.2, 0.25) is 0 Å². The standard InChI is InChI=1S/C22H35NO2/c1-2-3-7-18-9-13-20(14-10-18)22(24)25-21-15-11-19(12-16-21)8-5-4-6-17-23/h4,6,18-21H,2-3,5,7-16H2,1H3. The minimum Gasteiger partial charge on any atom is -0.462 e. The smallest absolute Gasteiger partial charge is 0.309 e. The highest BCUT2D eigenvalue weighted by Gasteiger charge is 2.30. The first-order valence-electron chi connectivity index (χ1n) is 10.5. The molecule has 0 aliphatic heterocycles. The second-order valence-corrected chi connectivity index (χ2v) is 8.05. The molecule has 25 heavy (non-hydrogen) atoms. The Bertz CT molecular complexity index is 449. The van der Waals surface area contributed by atoms with Gasteiger partial charge < -0.3 is 4.74 Å². The zero-order valence-corrected chi connectivity index (χ0v) is 15.9. The Labute approximate surface area is 153 Å². The van der Waals surface area contributed by atoms with E-state index in [1.165, 1.54) is 32.1 Å². The Balaban J connectivity index is 1.61. The number of carbonyl (C=O) groups is 1. The van der Waals surface area contributed by atoms with Gasteiger partial charge in [0.15, 0.2) is 0 Å². The maximum absolute atomic E-state index is 12.5. The topological polar surface area (TPSA) is 50.1 Å². The van der Waals surface area contributed by atoms with Crippen LogP contribution < -0.4 is 0 Å². The van der Waals surface area contributed by atoms with Crippen LogP contribution in [0, 0.1) is 29.1 Å². The molecule has 2 fully saturated rings. The minimum absolute atomic E-state index is 0.0781. The molecule has 0 aromatic heterocycles. The quantitative estimate of drug-likeness (QED) is 0.404. The Kier molecular flexibility index (Phi) is 9.08. The molecule has 0 radical (unpaired) electrons. The third-order valence-electron chi connectivity index (χ3n) is 6.16. The van der Waals surface area contributed by atoms with Gasteiger partial charge in [-0.2, -0.15) is 5.26 Å². The number of ether oxygens (including phenoxy) is 1. The fourth-order valence-electron chi connectivity index (χ4n) is 4.45. The van der Waals surface area contributed by atoms with Gasteiger partial charge in [-0.25, -0.2) is 0 Å². The van der Waals surface area contributed by atoms with E-state index in [-0.39, 0.29) is 18.0 Å². The van der Waals surface area contributed by atoms with Gasteiger partial charge >= 0.3 is 5.97 Å². The van der Waals surface area contributed by atoms with Crippen LogP contribution in [-0.2, 0) is 9.53 Å². The van der Waals surface area contributed by atoms with Gasteiger partial charge in [0.2, 0.25) is 0 Å². The first kappa shape index (κ1) is 20.0. The molecule has 3 heteroatoms. The number of esters is 1. The molecule has 0 unspecified atom stereocenters. The molecule has 0 aromatic rings. The number of nitrogens with zero attached hydrogens (tertiary/aromatic N) is 1. The monoisotopic (exact) mass is 345 g/mol. The second-order valence-electron chi connectivity index (χ2n) is 8.05. The number of nitriles is 1. The van der Waals surface area contributed by atoms with Crippen LogP contribution in [0.15, 0.2) is 12.2 Å². The first-order chi connectivity index (χ1) is 12.2. The average Bonchev–Trinajstić information content (AvgIpc) is 2.65. The lowest BCUT2D eigenvalue weighted by atomic mass is 9.79. The normalized spacial score (nSPS) is 30.1. The van der Waals surface area contributed by atoms with Crippen molar-refractivity contribution < 1.29 is 9.53 Å². The predicted octanol–water partition coefficient (Wildman–Crippen LogP) is 5.94. The number of unbranched alkanes of at least 4 members (excludes halogenated alkanes) is 1. The van der Waals surface area contributed by atoms with E-state index < -0.39 is 0 Å². The molecule has 2 aliphatic carbocycles. The van der Waals surface area contributed by atoms with E-state index in [9.17, 15) is 4.79 Å². The summed E-state index contributed by atoms with van der Waals surface area (Å²) in [5, 5.41) is 8.50. The Morgan fingerprint density at radius 2 is 1.68 bits per heavy atom. The Morgan fingerprint density at radius 1 is 1.04 bits per heavy atom. The molecule has 0 aromatic carbocycles. The molecule has 140 valence electrons. The van der Waals surface area contributed by atoms with Crippen LogP contribution in [0.3, 0.4) is 0 Å². The molecule has 0 N–H and O–H groups in total. The van der Waals surface area contributed by atoms with Crippen molar-refractivity contribution >= 4 is 5.97 Å². The molecule has 2 aliphatic rings. The van der Waals surface area contributed by atoms with Crippen molar-refractivity contribution in [3.8, 4) is 6.07 Å². The summed E-state index contributed by atoms with van der Waals surface area (Å²) < 4.78 is 5.84. The van der Waals surface area contributed by atoms with Crippen LogP contribution in [0.1, 0.15) is 90.4 Å². The maximum Gasteiger partial charge on any atom is 0.309 e. The summed E-state index contributed by atoms with van der Waals surface area (Å²) in [6.07, 6.45) is 18.6. The summed E-state index contributed by atoms with van der Waals surface area (Å²) in [5.41, 5.74) is 0. The van der Waals surface area contributed by atoms with E-state index in [2.05, 4.69) is 6.92 Å². The number of allylic oxidation sites excluding steroid dienone is 2. The summed E-state index contributed by atoms with van der Waals surface area (Å²) in [7, 11) is 0. The number of hydrogen-bond acceptors (Lipinski definition) is 3. The number of carbonyl (C=O) groups excluding carboxylic acids is 1. The van der Waals surface area contributed by atoms with Crippen molar-refractivity contribution in [2.45, 2.75) is 96.5 Å². The molecule has 0 spiro atoms. The highest BCUT2D eigenvalue weighted by molar-refractivity contribution is 5.72. The van der Waals surface area contributed by atoms with Gasteiger partial charge in [-0.1, -0.05) is 32.3 Å². The van der Waals surface area contributed by atoms with Crippen molar-refractivity contribution in [2.75, 3.05) is 0 Å². The van der Waals surface area contributed by atoms with Crippen LogP contribution in [0.4, 0.5) is 0 Å². The maximum atomic E-state index is 12.5. The predicted molar refractivity (Wildman–Crippen MR) is 101 cm³/mol. The molecule has 0 saturated heterocycles. The lowest BCUT2D eigenvalue weighted by Gasteiger charge is -2.31. The van der Waals surface area contributed by atoms with E-state index in [1.807, 2.05) is 12.1 Å². The third kappa shape index (κ3) is 7.22. The minimum atomic E-state index is 0.0781. The van der Waals surface area contributed by atoms with Gasteiger partial charge in [0.25, 0.3) is 0 Å². The summed E-state index contributed by atoms with van der Waals surface area (Å²) >= 11 is 0. The van der Waals surface area contributed by atoms with Crippen LogP contribution in [-0.4, -0.2) is 12.1 Å². The number of rotatable bonds is 8. The van der Waals surface area contributed by atoms with Crippen molar-refractivity contribution in [3.63, 3.8) is 0 Å². The first-order valence-corrected chi connectivity index (χ1v) is 10.5.